The molecule has 1 aromatic rings. The first kappa shape index (κ1) is 16.9. The summed E-state index contributed by atoms with van der Waals surface area (Å²) in [6.45, 7) is 7.19. The largest absolute Gasteiger partial charge is 0.462 e. The van der Waals surface area contributed by atoms with E-state index in [-0.39, 0.29) is 13.2 Å². The van der Waals surface area contributed by atoms with Gasteiger partial charge in [0.15, 0.2) is 9.84 Å². The molecular weight excluding hydrogens is 300 g/mol. The summed E-state index contributed by atoms with van der Waals surface area (Å²) in [5.41, 5.74) is 0.953. The van der Waals surface area contributed by atoms with Gasteiger partial charge in [0.05, 0.1) is 17.0 Å². The Hall–Kier alpha value is -1.15. The first-order valence-electron chi connectivity index (χ1n) is 6.17. The van der Waals surface area contributed by atoms with E-state index in [9.17, 15) is 13.2 Å². The first-order valence-corrected chi connectivity index (χ1v) is 8.83. The van der Waals surface area contributed by atoms with Gasteiger partial charge in [-0.05, 0) is 39.2 Å². The smallest absolute Gasteiger partial charge is 0.343 e. The summed E-state index contributed by atoms with van der Waals surface area (Å²) >= 11 is 1.12. The third-order valence-corrected chi connectivity index (χ3v) is 6.07. The van der Waals surface area contributed by atoms with Gasteiger partial charge in [-0.25, -0.2) is 13.2 Å². The molecule has 1 heterocycles. The van der Waals surface area contributed by atoms with Gasteiger partial charge in [-0.2, -0.15) is 4.37 Å². The minimum Gasteiger partial charge on any atom is -0.462 e. The Kier molecular flexibility index (Phi) is 5.15. The highest BCUT2D eigenvalue weighted by molar-refractivity contribution is 7.92. The number of ether oxygens (including phenoxy) is 1. The van der Waals surface area contributed by atoms with E-state index < -0.39 is 20.6 Å². The van der Waals surface area contributed by atoms with Crippen molar-refractivity contribution < 1.29 is 17.9 Å². The molecule has 0 atom stereocenters. The monoisotopic (exact) mass is 320 g/mol. The Labute approximate surface area is 123 Å². The third-order valence-electron chi connectivity index (χ3n) is 3.02. The summed E-state index contributed by atoms with van der Waals surface area (Å²) < 4.78 is 31.5. The van der Waals surface area contributed by atoms with Crippen molar-refractivity contribution in [3.63, 3.8) is 0 Å². The van der Waals surface area contributed by atoms with E-state index in [0.29, 0.717) is 16.3 Å². The Morgan fingerprint density at radius 1 is 1.45 bits per heavy atom. The van der Waals surface area contributed by atoms with E-state index in [1.807, 2.05) is 0 Å². The normalized spacial score (nSPS) is 12.2. The number of esters is 1. The molecule has 0 fully saturated rings. The van der Waals surface area contributed by atoms with Crippen LogP contribution in [0.1, 0.15) is 36.8 Å². The second-order valence-corrected chi connectivity index (χ2v) is 8.50. The van der Waals surface area contributed by atoms with Gasteiger partial charge in [-0.3, -0.25) is 0 Å². The third kappa shape index (κ3) is 3.69. The molecule has 0 aliphatic carbocycles. The molecule has 0 aliphatic heterocycles. The van der Waals surface area contributed by atoms with Crippen LogP contribution in [0.15, 0.2) is 0 Å². The van der Waals surface area contributed by atoms with Crippen LogP contribution in [0.5, 0.6) is 0 Å². The van der Waals surface area contributed by atoms with Gasteiger partial charge in [0.1, 0.15) is 10.6 Å². The second kappa shape index (κ2) is 6.09. The highest BCUT2D eigenvalue weighted by Crippen LogP contribution is 2.27. The highest BCUT2D eigenvalue weighted by Gasteiger charge is 2.31. The van der Waals surface area contributed by atoms with Crippen LogP contribution >= 0.6 is 11.5 Å². The maximum absolute atomic E-state index is 11.9. The topological polar surface area (TPSA) is 85.4 Å². The predicted molar refractivity (Wildman–Crippen MR) is 80.2 cm³/mol. The Morgan fingerprint density at radius 2 is 2.05 bits per heavy atom. The van der Waals surface area contributed by atoms with Crippen LogP contribution in [0.4, 0.5) is 5.00 Å². The maximum atomic E-state index is 11.9. The molecule has 20 heavy (non-hydrogen) atoms. The van der Waals surface area contributed by atoms with Gasteiger partial charge >= 0.3 is 5.97 Å². The van der Waals surface area contributed by atoms with Gasteiger partial charge in [0.2, 0.25) is 0 Å². The van der Waals surface area contributed by atoms with Gasteiger partial charge < -0.3 is 10.1 Å². The number of anilines is 1. The molecule has 1 aromatic heterocycles. The number of nitrogens with zero attached hydrogens (tertiary/aromatic N) is 1. The van der Waals surface area contributed by atoms with Crippen LogP contribution in [-0.4, -0.2) is 42.9 Å². The molecule has 114 valence electrons. The van der Waals surface area contributed by atoms with Gasteiger partial charge in [-0.1, -0.05) is 0 Å². The lowest BCUT2D eigenvalue weighted by atomic mass is 10.2. The molecule has 0 unspecified atom stereocenters. The van der Waals surface area contributed by atoms with E-state index in [4.69, 9.17) is 4.74 Å². The fourth-order valence-corrected chi connectivity index (χ4v) is 2.47. The van der Waals surface area contributed by atoms with E-state index in [0.717, 1.165) is 11.5 Å². The van der Waals surface area contributed by atoms with E-state index >= 15 is 0 Å². The zero-order valence-electron chi connectivity index (χ0n) is 12.3. The fraction of sp³-hybridized carbons (Fsp3) is 0.667. The molecule has 8 heteroatoms. The standard InChI is InChI=1S/C12H20N2O4S2/c1-6-18-11(15)9-8(2)14-19-10(9)13-7-12(3,4)20(5,16)17/h13H,6-7H2,1-5H3. The summed E-state index contributed by atoms with van der Waals surface area (Å²) in [6, 6.07) is 0. The number of sulfone groups is 1. The molecule has 6 nitrogen and oxygen atoms in total. The molecule has 0 radical (unpaired) electrons. The minimum atomic E-state index is -3.20. The Morgan fingerprint density at radius 3 is 2.55 bits per heavy atom. The number of aromatic nitrogens is 1. The molecule has 0 saturated heterocycles. The van der Waals surface area contributed by atoms with Crippen molar-refractivity contribution in [3.05, 3.63) is 11.3 Å². The number of carbonyl (C=O) groups is 1. The van der Waals surface area contributed by atoms with E-state index in [1.165, 1.54) is 6.26 Å². The molecule has 0 saturated carbocycles. The van der Waals surface area contributed by atoms with Crippen molar-refractivity contribution in [2.75, 3.05) is 24.7 Å². The number of nitrogens with one attached hydrogen (secondary N) is 1. The summed E-state index contributed by atoms with van der Waals surface area (Å²) in [5, 5.41) is 3.54. The van der Waals surface area contributed by atoms with Crippen LogP contribution in [0, 0.1) is 6.92 Å². The van der Waals surface area contributed by atoms with Crippen molar-refractivity contribution >= 4 is 32.3 Å². The number of aryl methyl sites for hydroxylation is 1. The number of hydrogen-bond acceptors (Lipinski definition) is 7. The van der Waals surface area contributed by atoms with Gasteiger partial charge in [0, 0.05) is 12.8 Å². The minimum absolute atomic E-state index is 0.194. The number of carbonyl (C=O) groups excluding carboxylic acids is 1. The SMILES string of the molecule is CCOC(=O)c1c(C)nsc1NCC(C)(C)S(C)(=O)=O. The average molecular weight is 320 g/mol. The van der Waals surface area contributed by atoms with Crippen molar-refractivity contribution in [1.29, 1.82) is 0 Å². The molecule has 0 aromatic carbocycles. The zero-order valence-corrected chi connectivity index (χ0v) is 13.9. The molecule has 1 N–H and O–H groups in total. The van der Waals surface area contributed by atoms with E-state index in [2.05, 4.69) is 9.69 Å². The summed E-state index contributed by atoms with van der Waals surface area (Å²) in [7, 11) is -3.20. The molecule has 1 rings (SSSR count). The van der Waals surface area contributed by atoms with Gasteiger partial charge in [0.25, 0.3) is 0 Å². The van der Waals surface area contributed by atoms with Crippen LogP contribution in [0.2, 0.25) is 0 Å². The van der Waals surface area contributed by atoms with E-state index in [1.54, 1.807) is 27.7 Å². The van der Waals surface area contributed by atoms with Crippen molar-refractivity contribution in [2.45, 2.75) is 32.4 Å². The van der Waals surface area contributed by atoms with Crippen molar-refractivity contribution in [3.8, 4) is 0 Å². The van der Waals surface area contributed by atoms with Crippen LogP contribution in [0.25, 0.3) is 0 Å². The maximum Gasteiger partial charge on any atom is 0.343 e. The molecule has 0 bridgehead atoms. The molecular formula is C12H20N2O4S2. The lowest BCUT2D eigenvalue weighted by molar-refractivity contribution is 0.0527. The van der Waals surface area contributed by atoms with Crippen molar-refractivity contribution in [2.24, 2.45) is 0 Å². The summed E-state index contributed by atoms with van der Waals surface area (Å²) in [4.78, 5) is 11.9. The van der Waals surface area contributed by atoms with Crippen LogP contribution in [-0.2, 0) is 14.6 Å². The second-order valence-electron chi connectivity index (χ2n) is 5.08. The quantitative estimate of drug-likeness (QED) is 0.805. The molecule has 0 spiro atoms. The number of rotatable bonds is 6. The van der Waals surface area contributed by atoms with Crippen LogP contribution < -0.4 is 5.32 Å². The first-order chi connectivity index (χ1) is 9.10. The summed E-state index contributed by atoms with van der Waals surface area (Å²) in [5.74, 6) is -0.446. The fourth-order valence-electron chi connectivity index (χ4n) is 1.36. The molecule has 0 amide bonds. The zero-order chi connectivity index (χ0) is 15.6. The Balaban J connectivity index is 2.93. The van der Waals surface area contributed by atoms with Crippen LogP contribution in [0.3, 0.4) is 0 Å². The van der Waals surface area contributed by atoms with Crippen molar-refractivity contribution in [1.82, 2.24) is 4.37 Å². The highest BCUT2D eigenvalue weighted by atomic mass is 32.2. The lowest BCUT2D eigenvalue weighted by Gasteiger charge is -2.23. The van der Waals surface area contributed by atoms with Gasteiger partial charge in [-0.15, -0.1) is 0 Å². The number of hydrogen-bond donors (Lipinski definition) is 1. The average Bonchev–Trinajstić information content (AvgIpc) is 2.67. The lowest BCUT2D eigenvalue weighted by Crippen LogP contribution is -2.38. The molecule has 0 aliphatic rings. The predicted octanol–water partition coefficient (Wildman–Crippen LogP) is 1.86. The summed E-state index contributed by atoms with van der Waals surface area (Å²) in [6.07, 6.45) is 1.19. The Bertz CT molecular complexity index is 591.